The van der Waals surface area contributed by atoms with Crippen molar-refractivity contribution < 1.29 is 26.2 Å². The van der Waals surface area contributed by atoms with Crippen molar-refractivity contribution in [3.05, 3.63) is 18.1 Å². The first-order chi connectivity index (χ1) is 6.59. The smallest absolute Gasteiger partial charge is 0.335 e. The third-order valence-electron chi connectivity index (χ3n) is 1.76. The van der Waals surface area contributed by atoms with Crippen LogP contribution in [0.2, 0.25) is 0 Å². The maximum Gasteiger partial charge on any atom is 0.335 e. The Labute approximate surface area is 79.6 Å². The van der Waals surface area contributed by atoms with Gasteiger partial charge in [0, 0.05) is 0 Å². The first-order valence-corrected chi connectivity index (χ1v) is 5.22. The average molecular weight is 222 g/mol. The van der Waals surface area contributed by atoms with Crippen LogP contribution in [0.25, 0.3) is 0 Å². The lowest BCUT2D eigenvalue weighted by atomic mass is 10.4. The van der Waals surface area contributed by atoms with Crippen molar-refractivity contribution in [1.82, 2.24) is 0 Å². The molecular weight excluding hydrogens is 215 g/mol. The van der Waals surface area contributed by atoms with Crippen molar-refractivity contribution >= 4 is 10.2 Å². The molecule has 0 saturated carbocycles. The Morgan fingerprint density at radius 3 is 2.57 bits per heavy atom. The first kappa shape index (κ1) is 9.63. The van der Waals surface area contributed by atoms with E-state index < -0.39 is 21.4 Å². The van der Waals surface area contributed by atoms with Gasteiger partial charge in [-0.15, -0.1) is 3.89 Å². The summed E-state index contributed by atoms with van der Waals surface area (Å²) in [7, 11) is -4.78. The molecule has 0 spiro atoms. The zero-order valence-electron chi connectivity index (χ0n) is 6.97. The van der Waals surface area contributed by atoms with Gasteiger partial charge in [0.15, 0.2) is 5.76 Å². The van der Waals surface area contributed by atoms with Crippen molar-refractivity contribution in [3.8, 4) is 0 Å². The lowest BCUT2D eigenvalue weighted by Crippen LogP contribution is -2.02. The summed E-state index contributed by atoms with van der Waals surface area (Å²) in [5.74, 6) is -0.148. The highest BCUT2D eigenvalue weighted by Gasteiger charge is 2.30. The van der Waals surface area contributed by atoms with Crippen LogP contribution in [0, 0.1) is 0 Å². The van der Waals surface area contributed by atoms with Crippen molar-refractivity contribution in [2.75, 3.05) is 13.2 Å². The quantitative estimate of drug-likeness (QED) is 0.698. The molecule has 0 N–H and O–H groups in total. The van der Waals surface area contributed by atoms with Crippen LogP contribution >= 0.6 is 0 Å². The van der Waals surface area contributed by atoms with Crippen molar-refractivity contribution in [2.24, 2.45) is 0 Å². The Balaban J connectivity index is 2.39. The van der Waals surface area contributed by atoms with E-state index in [2.05, 4.69) is 0 Å². The molecular formula is C7H7FO5S. The molecule has 2 rings (SSSR count). The average Bonchev–Trinajstić information content (AvgIpc) is 2.73. The molecule has 1 saturated heterocycles. The SMILES string of the molecule is O=S(=O)(F)c1ccoc1C1OCCO1. The van der Waals surface area contributed by atoms with Gasteiger partial charge in [-0.25, -0.2) is 0 Å². The molecule has 2 heterocycles. The number of ether oxygens (including phenoxy) is 2. The number of halogens is 1. The van der Waals surface area contributed by atoms with Gasteiger partial charge in [-0.1, -0.05) is 0 Å². The van der Waals surface area contributed by atoms with Gasteiger partial charge in [0.25, 0.3) is 0 Å². The van der Waals surface area contributed by atoms with E-state index in [0.717, 1.165) is 12.3 Å². The molecule has 0 amide bonds. The van der Waals surface area contributed by atoms with Crippen LogP contribution in [0.4, 0.5) is 3.89 Å². The molecule has 0 bridgehead atoms. The molecule has 14 heavy (non-hydrogen) atoms. The van der Waals surface area contributed by atoms with Crippen LogP contribution in [0.1, 0.15) is 12.1 Å². The number of hydrogen-bond donors (Lipinski definition) is 0. The van der Waals surface area contributed by atoms with Crippen molar-refractivity contribution in [2.45, 2.75) is 11.2 Å². The maximum absolute atomic E-state index is 12.7. The fourth-order valence-electron chi connectivity index (χ4n) is 1.19. The van der Waals surface area contributed by atoms with Gasteiger partial charge in [0.2, 0.25) is 6.29 Å². The molecule has 0 atom stereocenters. The Bertz CT molecular complexity index is 417. The van der Waals surface area contributed by atoms with Gasteiger partial charge in [-0.05, 0) is 6.07 Å². The minimum Gasteiger partial charge on any atom is -0.462 e. The summed E-state index contributed by atoms with van der Waals surface area (Å²) in [6.07, 6.45) is 0.151. The zero-order valence-corrected chi connectivity index (χ0v) is 7.79. The van der Waals surface area contributed by atoms with Crippen LogP contribution in [-0.4, -0.2) is 21.6 Å². The van der Waals surface area contributed by atoms with Crippen LogP contribution in [0.3, 0.4) is 0 Å². The molecule has 1 fully saturated rings. The molecule has 1 aromatic heterocycles. The van der Waals surface area contributed by atoms with Gasteiger partial charge in [-0.3, -0.25) is 0 Å². The third-order valence-corrected chi connectivity index (χ3v) is 2.62. The topological polar surface area (TPSA) is 65.7 Å². The largest absolute Gasteiger partial charge is 0.462 e. The molecule has 5 nitrogen and oxygen atoms in total. The molecule has 78 valence electrons. The van der Waals surface area contributed by atoms with Gasteiger partial charge < -0.3 is 13.9 Å². The second-order valence-corrected chi connectivity index (χ2v) is 3.98. The Kier molecular flexibility index (Phi) is 2.30. The summed E-state index contributed by atoms with van der Waals surface area (Å²) in [4.78, 5) is -0.538. The van der Waals surface area contributed by atoms with Crippen LogP contribution in [0.15, 0.2) is 21.6 Å². The predicted molar refractivity (Wildman–Crippen MR) is 41.6 cm³/mol. The number of furan rings is 1. The highest BCUT2D eigenvalue weighted by Crippen LogP contribution is 2.30. The summed E-state index contributed by atoms with van der Waals surface area (Å²) in [6.45, 7) is 0.661. The molecule has 1 aliphatic heterocycles. The van der Waals surface area contributed by atoms with E-state index in [-0.39, 0.29) is 5.76 Å². The Hall–Kier alpha value is -0.920. The third kappa shape index (κ3) is 1.66. The monoisotopic (exact) mass is 222 g/mol. The normalized spacial score (nSPS) is 18.9. The zero-order chi connectivity index (χ0) is 10.2. The highest BCUT2D eigenvalue weighted by atomic mass is 32.3. The minimum absolute atomic E-state index is 0.148. The second-order valence-electron chi connectivity index (χ2n) is 2.66. The second kappa shape index (κ2) is 3.34. The Morgan fingerprint density at radius 2 is 2.00 bits per heavy atom. The summed E-state index contributed by atoms with van der Waals surface area (Å²) >= 11 is 0. The summed E-state index contributed by atoms with van der Waals surface area (Å²) < 4.78 is 48.7. The van der Waals surface area contributed by atoms with Gasteiger partial charge in [-0.2, -0.15) is 8.42 Å². The summed E-state index contributed by atoms with van der Waals surface area (Å²) in [5, 5.41) is 0. The molecule has 0 aromatic carbocycles. The van der Waals surface area contributed by atoms with Gasteiger partial charge in [0.05, 0.1) is 19.5 Å². The van der Waals surface area contributed by atoms with Gasteiger partial charge in [0.1, 0.15) is 4.90 Å². The molecule has 1 aliphatic rings. The molecule has 0 unspecified atom stereocenters. The lowest BCUT2D eigenvalue weighted by molar-refractivity contribution is -0.0613. The number of hydrogen-bond acceptors (Lipinski definition) is 5. The van der Waals surface area contributed by atoms with E-state index in [9.17, 15) is 12.3 Å². The standard InChI is InChI=1S/C7H7FO5S/c8-14(9,10)5-1-2-11-6(5)7-12-3-4-13-7/h1-2,7H,3-4H2. The van der Waals surface area contributed by atoms with Gasteiger partial charge >= 0.3 is 10.2 Å². The fourth-order valence-corrected chi connectivity index (χ4v) is 1.80. The van der Waals surface area contributed by atoms with Crippen LogP contribution < -0.4 is 0 Å². The highest BCUT2D eigenvalue weighted by molar-refractivity contribution is 7.86. The van der Waals surface area contributed by atoms with E-state index >= 15 is 0 Å². The molecule has 0 radical (unpaired) electrons. The summed E-state index contributed by atoms with van der Waals surface area (Å²) in [6, 6.07) is 1.02. The van der Waals surface area contributed by atoms with E-state index in [1.54, 1.807) is 0 Å². The predicted octanol–water partition coefficient (Wildman–Crippen LogP) is 0.983. The Morgan fingerprint density at radius 1 is 1.36 bits per heavy atom. The van der Waals surface area contributed by atoms with Crippen LogP contribution in [0.5, 0.6) is 0 Å². The van der Waals surface area contributed by atoms with E-state index in [1.165, 1.54) is 0 Å². The van der Waals surface area contributed by atoms with E-state index in [1.807, 2.05) is 0 Å². The number of rotatable bonds is 2. The molecule has 1 aromatic rings. The van der Waals surface area contributed by atoms with E-state index in [4.69, 9.17) is 13.9 Å². The first-order valence-electron chi connectivity index (χ1n) is 3.84. The molecule has 0 aliphatic carbocycles. The minimum atomic E-state index is -4.78. The lowest BCUT2D eigenvalue weighted by Gasteiger charge is -2.05. The van der Waals surface area contributed by atoms with Crippen molar-refractivity contribution in [3.63, 3.8) is 0 Å². The fraction of sp³-hybridized carbons (Fsp3) is 0.429. The summed E-state index contributed by atoms with van der Waals surface area (Å²) in [5.41, 5.74) is 0. The van der Waals surface area contributed by atoms with E-state index in [0.29, 0.717) is 13.2 Å². The van der Waals surface area contributed by atoms with Crippen LogP contribution in [-0.2, 0) is 19.7 Å². The maximum atomic E-state index is 12.7. The van der Waals surface area contributed by atoms with Crippen molar-refractivity contribution in [1.29, 1.82) is 0 Å². The molecule has 7 heteroatoms.